The second kappa shape index (κ2) is 8.26. The predicted molar refractivity (Wildman–Crippen MR) is 98.8 cm³/mol. The van der Waals surface area contributed by atoms with Crippen LogP contribution in [0.5, 0.6) is 5.75 Å². The molecular formula is C18H25N3O2S. The van der Waals surface area contributed by atoms with Gasteiger partial charge in [-0.25, -0.2) is 4.98 Å². The van der Waals surface area contributed by atoms with Gasteiger partial charge in [0.2, 0.25) is 0 Å². The van der Waals surface area contributed by atoms with E-state index in [1.54, 1.807) is 6.92 Å². The topological polar surface area (TPSA) is 54.5 Å². The lowest BCUT2D eigenvalue weighted by molar-refractivity contribution is -0.122. The fourth-order valence-electron chi connectivity index (χ4n) is 2.28. The number of anilines is 1. The molecule has 2 rings (SSSR count). The van der Waals surface area contributed by atoms with Crippen LogP contribution in [0.15, 0.2) is 29.6 Å². The van der Waals surface area contributed by atoms with Crippen LogP contribution in [0.2, 0.25) is 0 Å². The van der Waals surface area contributed by atoms with E-state index in [4.69, 9.17) is 4.74 Å². The number of para-hydroxylation sites is 1. The molecular weight excluding hydrogens is 322 g/mol. The van der Waals surface area contributed by atoms with E-state index in [1.165, 1.54) is 11.3 Å². The molecule has 1 aromatic heterocycles. The van der Waals surface area contributed by atoms with E-state index in [0.29, 0.717) is 11.0 Å². The van der Waals surface area contributed by atoms with Crippen molar-refractivity contribution in [3.8, 4) is 5.75 Å². The summed E-state index contributed by atoms with van der Waals surface area (Å²) in [4.78, 5) is 18.8. The highest BCUT2D eigenvalue weighted by atomic mass is 32.1. The summed E-state index contributed by atoms with van der Waals surface area (Å²) in [5.41, 5.74) is 2.04. The maximum absolute atomic E-state index is 12.3. The third-order valence-corrected chi connectivity index (χ3v) is 4.28. The average molecular weight is 347 g/mol. The highest BCUT2D eigenvalue weighted by molar-refractivity contribution is 7.13. The van der Waals surface area contributed by atoms with Crippen LogP contribution >= 0.6 is 11.3 Å². The molecule has 0 aliphatic carbocycles. The number of benzene rings is 1. The van der Waals surface area contributed by atoms with Gasteiger partial charge >= 0.3 is 0 Å². The van der Waals surface area contributed by atoms with Gasteiger partial charge in [-0.3, -0.25) is 10.1 Å². The Morgan fingerprint density at radius 2 is 2.00 bits per heavy atom. The van der Waals surface area contributed by atoms with Gasteiger partial charge in [-0.1, -0.05) is 32.0 Å². The number of carbonyl (C=O) groups is 1. The number of carbonyl (C=O) groups excluding carboxylic acids is 1. The number of thiazole rings is 1. The molecule has 0 aliphatic heterocycles. The third kappa shape index (κ3) is 5.04. The number of rotatable bonds is 7. The van der Waals surface area contributed by atoms with Crippen LogP contribution in [0.4, 0.5) is 5.13 Å². The first-order chi connectivity index (χ1) is 11.4. The first kappa shape index (κ1) is 18.4. The van der Waals surface area contributed by atoms with Crippen molar-refractivity contribution in [1.82, 2.24) is 9.88 Å². The van der Waals surface area contributed by atoms with Crippen LogP contribution < -0.4 is 10.1 Å². The Labute approximate surface area is 147 Å². The van der Waals surface area contributed by atoms with Gasteiger partial charge < -0.3 is 9.64 Å². The van der Waals surface area contributed by atoms with Crippen LogP contribution in [0, 0.1) is 0 Å². The Balaban J connectivity index is 1.99. The number of aromatic nitrogens is 1. The summed E-state index contributed by atoms with van der Waals surface area (Å²) in [5, 5.41) is 5.38. The van der Waals surface area contributed by atoms with Gasteiger partial charge in [0.1, 0.15) is 5.75 Å². The molecule has 6 heteroatoms. The molecule has 0 fully saturated rings. The minimum absolute atomic E-state index is 0.195. The Bertz CT molecular complexity index is 682. The largest absolute Gasteiger partial charge is 0.481 e. The fourth-order valence-corrected chi connectivity index (χ4v) is 2.98. The van der Waals surface area contributed by atoms with Crippen LogP contribution in [0.3, 0.4) is 0 Å². The zero-order valence-electron chi connectivity index (χ0n) is 14.9. The van der Waals surface area contributed by atoms with Crippen molar-refractivity contribution < 1.29 is 9.53 Å². The van der Waals surface area contributed by atoms with Crippen molar-refractivity contribution in [3.63, 3.8) is 0 Å². The first-order valence-corrected chi connectivity index (χ1v) is 8.90. The molecule has 2 aromatic rings. The molecule has 1 heterocycles. The molecule has 24 heavy (non-hydrogen) atoms. The van der Waals surface area contributed by atoms with E-state index in [-0.39, 0.29) is 5.91 Å². The van der Waals surface area contributed by atoms with Gasteiger partial charge in [0, 0.05) is 11.9 Å². The quantitative estimate of drug-likeness (QED) is 0.829. The number of amides is 1. The molecule has 1 amide bonds. The summed E-state index contributed by atoms with van der Waals surface area (Å²) >= 11 is 1.43. The summed E-state index contributed by atoms with van der Waals surface area (Å²) in [5.74, 6) is 0.894. The molecule has 0 radical (unpaired) electrons. The first-order valence-electron chi connectivity index (χ1n) is 8.02. The van der Waals surface area contributed by atoms with Crippen molar-refractivity contribution >= 4 is 22.4 Å². The smallest absolute Gasteiger partial charge is 0.266 e. The van der Waals surface area contributed by atoms with Crippen molar-refractivity contribution in [3.05, 3.63) is 40.9 Å². The van der Waals surface area contributed by atoms with E-state index >= 15 is 0 Å². The summed E-state index contributed by atoms with van der Waals surface area (Å²) in [6, 6.07) is 7.83. The molecule has 0 saturated heterocycles. The van der Waals surface area contributed by atoms with Crippen LogP contribution in [-0.2, 0) is 11.3 Å². The van der Waals surface area contributed by atoms with Gasteiger partial charge in [0.05, 0.1) is 5.69 Å². The van der Waals surface area contributed by atoms with E-state index in [1.807, 2.05) is 48.6 Å². The molecule has 0 spiro atoms. The van der Waals surface area contributed by atoms with Gasteiger partial charge in [-0.2, -0.15) is 0 Å². The Hall–Kier alpha value is -1.92. The van der Waals surface area contributed by atoms with Gasteiger partial charge in [-0.15, -0.1) is 11.3 Å². The molecule has 130 valence electrons. The number of nitrogens with one attached hydrogen (secondary N) is 1. The molecule has 1 atom stereocenters. The van der Waals surface area contributed by atoms with Crippen LogP contribution in [-0.4, -0.2) is 36.0 Å². The summed E-state index contributed by atoms with van der Waals surface area (Å²) < 4.78 is 5.87. The number of nitrogens with zero attached hydrogens (tertiary/aromatic N) is 2. The third-order valence-electron chi connectivity index (χ3n) is 3.47. The normalized spacial score (nSPS) is 12.5. The Morgan fingerprint density at radius 3 is 2.67 bits per heavy atom. The highest BCUT2D eigenvalue weighted by Crippen LogP contribution is 2.27. The zero-order valence-corrected chi connectivity index (χ0v) is 15.7. The van der Waals surface area contributed by atoms with E-state index in [0.717, 1.165) is 23.6 Å². The maximum Gasteiger partial charge on any atom is 0.266 e. The SMILES string of the molecule is CC(Oc1ccccc1C(C)C)C(=O)Nc1nc(CN(C)C)cs1. The fraction of sp³-hybridized carbons (Fsp3) is 0.444. The van der Waals surface area contributed by atoms with E-state index in [9.17, 15) is 4.79 Å². The summed E-state index contributed by atoms with van der Waals surface area (Å²) in [7, 11) is 3.97. The monoisotopic (exact) mass is 347 g/mol. The molecule has 5 nitrogen and oxygen atoms in total. The Morgan fingerprint density at radius 1 is 1.29 bits per heavy atom. The van der Waals surface area contributed by atoms with Gasteiger partial charge in [0.15, 0.2) is 11.2 Å². The molecule has 1 unspecified atom stereocenters. The molecule has 1 aromatic carbocycles. The lowest BCUT2D eigenvalue weighted by Crippen LogP contribution is -2.30. The standard InChI is InChI=1S/C18H25N3O2S/c1-12(2)15-8-6-7-9-16(15)23-13(3)17(22)20-18-19-14(11-24-18)10-21(4)5/h6-9,11-13H,10H2,1-5H3,(H,19,20,22). The van der Waals surface area contributed by atoms with Crippen molar-refractivity contribution in [2.45, 2.75) is 39.3 Å². The molecule has 1 N–H and O–H groups in total. The number of hydrogen-bond acceptors (Lipinski definition) is 5. The number of hydrogen-bond donors (Lipinski definition) is 1. The van der Waals surface area contributed by atoms with E-state index in [2.05, 4.69) is 24.1 Å². The van der Waals surface area contributed by atoms with Crippen molar-refractivity contribution in [2.75, 3.05) is 19.4 Å². The minimum Gasteiger partial charge on any atom is -0.481 e. The molecule has 0 aliphatic rings. The second-order valence-corrected chi connectivity index (χ2v) is 7.18. The van der Waals surface area contributed by atoms with Gasteiger partial charge in [-0.05, 0) is 38.6 Å². The lowest BCUT2D eigenvalue weighted by atomic mass is 10.0. The summed E-state index contributed by atoms with van der Waals surface area (Å²) in [6.07, 6.45) is -0.592. The maximum atomic E-state index is 12.3. The van der Waals surface area contributed by atoms with Crippen molar-refractivity contribution in [1.29, 1.82) is 0 Å². The van der Waals surface area contributed by atoms with Gasteiger partial charge in [0.25, 0.3) is 5.91 Å². The second-order valence-electron chi connectivity index (χ2n) is 6.32. The predicted octanol–water partition coefficient (Wildman–Crippen LogP) is 3.73. The molecule has 0 saturated carbocycles. The van der Waals surface area contributed by atoms with E-state index < -0.39 is 6.10 Å². The highest BCUT2D eigenvalue weighted by Gasteiger charge is 2.18. The summed E-state index contributed by atoms with van der Waals surface area (Å²) in [6.45, 7) is 6.71. The zero-order chi connectivity index (χ0) is 17.7. The molecule has 0 bridgehead atoms. The van der Waals surface area contributed by atoms with Crippen molar-refractivity contribution in [2.24, 2.45) is 0 Å². The number of ether oxygens (including phenoxy) is 1. The van der Waals surface area contributed by atoms with Crippen LogP contribution in [0.1, 0.15) is 37.9 Å². The average Bonchev–Trinajstić information content (AvgIpc) is 2.93. The minimum atomic E-state index is -0.592. The Kier molecular flexibility index (Phi) is 6.34. The lowest BCUT2D eigenvalue weighted by Gasteiger charge is -2.18. The van der Waals surface area contributed by atoms with Crippen LogP contribution in [0.25, 0.3) is 0 Å².